The van der Waals surface area contributed by atoms with Crippen molar-refractivity contribution in [1.29, 1.82) is 0 Å². The third kappa shape index (κ3) is 1.76. The Morgan fingerprint density at radius 2 is 1.75 bits per heavy atom. The van der Waals surface area contributed by atoms with E-state index in [9.17, 15) is 5.11 Å². The van der Waals surface area contributed by atoms with Crippen LogP contribution in [-0.2, 0) is 5.60 Å². The van der Waals surface area contributed by atoms with Gasteiger partial charge in [-0.25, -0.2) is 0 Å². The number of aliphatic hydroxyl groups is 1. The molecule has 3 nitrogen and oxygen atoms in total. The number of aromatic nitrogens is 1. The van der Waals surface area contributed by atoms with E-state index < -0.39 is 5.60 Å². The van der Waals surface area contributed by atoms with Crippen molar-refractivity contribution >= 4 is 0 Å². The molecule has 1 heterocycles. The highest BCUT2D eigenvalue weighted by Gasteiger charge is 2.55. The van der Waals surface area contributed by atoms with Crippen LogP contribution in [0.5, 0.6) is 0 Å². The molecule has 4 fully saturated rings. The average molecular weight is 272 g/mol. The zero-order valence-electron chi connectivity index (χ0n) is 11.9. The second kappa shape index (κ2) is 4.54. The van der Waals surface area contributed by atoms with Gasteiger partial charge in [0.25, 0.3) is 0 Å². The lowest BCUT2D eigenvalue weighted by Crippen LogP contribution is -2.56. The van der Waals surface area contributed by atoms with Crippen molar-refractivity contribution in [3.63, 3.8) is 0 Å². The lowest BCUT2D eigenvalue weighted by atomic mass is 9.48. The van der Waals surface area contributed by atoms with Crippen LogP contribution >= 0.6 is 0 Å². The lowest BCUT2D eigenvalue weighted by molar-refractivity contribution is -0.145. The molecule has 0 aliphatic heterocycles. The molecule has 5 rings (SSSR count). The van der Waals surface area contributed by atoms with Crippen LogP contribution in [0.15, 0.2) is 24.4 Å². The van der Waals surface area contributed by atoms with E-state index in [1.165, 1.54) is 32.1 Å². The molecule has 0 saturated heterocycles. The van der Waals surface area contributed by atoms with E-state index in [0.717, 1.165) is 17.5 Å². The summed E-state index contributed by atoms with van der Waals surface area (Å²) in [6.07, 6.45) is 8.40. The Morgan fingerprint density at radius 1 is 1.10 bits per heavy atom. The first kappa shape index (κ1) is 12.8. The summed E-state index contributed by atoms with van der Waals surface area (Å²) in [7, 11) is 0. The van der Waals surface area contributed by atoms with Crippen LogP contribution in [0.3, 0.4) is 0 Å². The van der Waals surface area contributed by atoms with Gasteiger partial charge < -0.3 is 10.8 Å². The molecular weight excluding hydrogens is 248 g/mol. The molecule has 4 aliphatic carbocycles. The zero-order chi connectivity index (χ0) is 13.7. The molecular formula is C17H24N2O. The van der Waals surface area contributed by atoms with Gasteiger partial charge in [-0.15, -0.1) is 0 Å². The van der Waals surface area contributed by atoms with Gasteiger partial charge in [-0.3, -0.25) is 4.98 Å². The molecule has 4 saturated carbocycles. The summed E-state index contributed by atoms with van der Waals surface area (Å²) in [6, 6.07) is 5.80. The fraction of sp³-hybridized carbons (Fsp3) is 0.706. The van der Waals surface area contributed by atoms with Crippen molar-refractivity contribution in [3.05, 3.63) is 30.1 Å². The minimum Gasteiger partial charge on any atom is -0.382 e. The van der Waals surface area contributed by atoms with Gasteiger partial charge in [-0.05, 0) is 67.9 Å². The third-order valence-corrected chi connectivity index (χ3v) is 6.20. The summed E-state index contributed by atoms with van der Waals surface area (Å²) < 4.78 is 0. The summed E-state index contributed by atoms with van der Waals surface area (Å²) in [5.41, 5.74) is 5.88. The lowest BCUT2D eigenvalue weighted by Gasteiger charge is -2.58. The van der Waals surface area contributed by atoms with E-state index >= 15 is 0 Å². The Morgan fingerprint density at radius 3 is 2.25 bits per heavy atom. The van der Waals surface area contributed by atoms with E-state index in [-0.39, 0.29) is 6.54 Å². The van der Waals surface area contributed by atoms with Crippen LogP contribution in [-0.4, -0.2) is 16.6 Å². The van der Waals surface area contributed by atoms with E-state index in [1.54, 1.807) is 6.20 Å². The first-order valence-corrected chi connectivity index (χ1v) is 8.04. The number of rotatable bonds is 3. The van der Waals surface area contributed by atoms with Crippen LogP contribution in [0, 0.1) is 29.6 Å². The highest BCUT2D eigenvalue weighted by Crippen LogP contribution is 2.60. The molecule has 3 N–H and O–H groups in total. The topological polar surface area (TPSA) is 59.1 Å². The van der Waals surface area contributed by atoms with Crippen LogP contribution in [0.25, 0.3) is 0 Å². The summed E-state index contributed by atoms with van der Waals surface area (Å²) >= 11 is 0. The van der Waals surface area contributed by atoms with Crippen LogP contribution < -0.4 is 5.73 Å². The van der Waals surface area contributed by atoms with Gasteiger partial charge in [-0.2, -0.15) is 0 Å². The maximum absolute atomic E-state index is 11.3. The van der Waals surface area contributed by atoms with Gasteiger partial charge in [-0.1, -0.05) is 6.07 Å². The molecule has 108 valence electrons. The Kier molecular flexibility index (Phi) is 2.90. The molecule has 1 aromatic heterocycles. The minimum absolute atomic E-state index is 0.289. The maximum atomic E-state index is 11.3. The summed E-state index contributed by atoms with van der Waals surface area (Å²) in [5, 5.41) is 11.3. The fourth-order valence-electron chi connectivity index (χ4n) is 5.74. The minimum atomic E-state index is -0.927. The molecule has 1 unspecified atom stereocenters. The highest BCUT2D eigenvalue weighted by molar-refractivity contribution is 5.18. The third-order valence-electron chi connectivity index (χ3n) is 6.20. The quantitative estimate of drug-likeness (QED) is 0.887. The summed E-state index contributed by atoms with van der Waals surface area (Å²) in [4.78, 5) is 4.42. The predicted molar refractivity (Wildman–Crippen MR) is 77.7 cm³/mol. The summed E-state index contributed by atoms with van der Waals surface area (Å²) in [5.74, 6) is 3.46. The number of nitrogens with two attached hydrogens (primary N) is 1. The molecule has 3 heteroatoms. The number of nitrogens with zero attached hydrogens (tertiary/aromatic N) is 1. The van der Waals surface area contributed by atoms with Gasteiger partial charge in [0.05, 0.1) is 5.69 Å². The van der Waals surface area contributed by atoms with Crippen LogP contribution in [0.1, 0.15) is 37.8 Å². The number of hydrogen-bond donors (Lipinski definition) is 2. The van der Waals surface area contributed by atoms with Crippen LogP contribution in [0.2, 0.25) is 0 Å². The van der Waals surface area contributed by atoms with E-state index in [1.807, 2.05) is 18.2 Å². The van der Waals surface area contributed by atoms with Gasteiger partial charge in [0.2, 0.25) is 0 Å². The van der Waals surface area contributed by atoms with Crippen molar-refractivity contribution in [2.75, 3.05) is 6.54 Å². The molecule has 4 bridgehead atoms. The summed E-state index contributed by atoms with van der Waals surface area (Å²) in [6.45, 7) is 0.289. The first-order chi connectivity index (χ1) is 9.70. The Hall–Kier alpha value is -0.930. The van der Waals surface area contributed by atoms with Crippen molar-refractivity contribution in [1.82, 2.24) is 4.98 Å². The molecule has 0 aromatic carbocycles. The van der Waals surface area contributed by atoms with Gasteiger partial charge in [0.1, 0.15) is 5.60 Å². The molecule has 20 heavy (non-hydrogen) atoms. The molecule has 0 spiro atoms. The molecule has 1 aromatic rings. The fourth-order valence-corrected chi connectivity index (χ4v) is 5.74. The molecule has 1 atom stereocenters. The maximum Gasteiger partial charge on any atom is 0.122 e. The predicted octanol–water partition coefficient (Wildman–Crippen LogP) is 2.30. The highest BCUT2D eigenvalue weighted by atomic mass is 16.3. The number of hydrogen-bond acceptors (Lipinski definition) is 3. The van der Waals surface area contributed by atoms with Gasteiger partial charge in [0.15, 0.2) is 0 Å². The van der Waals surface area contributed by atoms with Crippen molar-refractivity contribution in [3.8, 4) is 0 Å². The molecule has 4 aliphatic rings. The van der Waals surface area contributed by atoms with E-state index in [2.05, 4.69) is 4.98 Å². The molecule has 0 amide bonds. The Labute approximate surface area is 120 Å². The first-order valence-electron chi connectivity index (χ1n) is 8.04. The van der Waals surface area contributed by atoms with Crippen molar-refractivity contribution in [2.24, 2.45) is 35.3 Å². The van der Waals surface area contributed by atoms with E-state index in [4.69, 9.17) is 5.73 Å². The smallest absolute Gasteiger partial charge is 0.122 e. The molecule has 0 radical (unpaired) electrons. The SMILES string of the molecule is NCC(O)(c1ccccn1)C1C2CC3CC(C2)CC1C3. The monoisotopic (exact) mass is 272 g/mol. The standard InChI is InChI=1S/C17H24N2O/c18-10-17(20,15-3-1-2-4-19-15)16-13-6-11-5-12(8-13)9-14(16)7-11/h1-4,11-14,16,20H,5-10,18H2. The van der Waals surface area contributed by atoms with Crippen molar-refractivity contribution < 1.29 is 5.11 Å². The largest absolute Gasteiger partial charge is 0.382 e. The Bertz CT molecular complexity index is 461. The van der Waals surface area contributed by atoms with E-state index in [0.29, 0.717) is 17.8 Å². The second-order valence-electron chi connectivity index (χ2n) is 7.30. The van der Waals surface area contributed by atoms with Gasteiger partial charge in [0, 0.05) is 18.7 Å². The normalized spacial score (nSPS) is 41.6. The van der Waals surface area contributed by atoms with Gasteiger partial charge >= 0.3 is 0 Å². The Balaban J connectivity index is 1.71. The number of pyridine rings is 1. The van der Waals surface area contributed by atoms with Crippen molar-refractivity contribution in [2.45, 2.75) is 37.7 Å². The van der Waals surface area contributed by atoms with Crippen LogP contribution in [0.4, 0.5) is 0 Å². The zero-order valence-corrected chi connectivity index (χ0v) is 11.9. The second-order valence-corrected chi connectivity index (χ2v) is 7.30. The average Bonchev–Trinajstić information content (AvgIpc) is 2.46.